The molecule has 4 rings (SSSR count). The number of terminal acetylenes is 1. The van der Waals surface area contributed by atoms with E-state index < -0.39 is 0 Å². The fourth-order valence-electron chi connectivity index (χ4n) is 4.09. The molecule has 3 aromatic carbocycles. The van der Waals surface area contributed by atoms with E-state index in [0.29, 0.717) is 6.42 Å². The molecule has 0 saturated carbocycles. The molecule has 0 amide bonds. The van der Waals surface area contributed by atoms with Gasteiger partial charge in [-0.25, -0.2) is 5.01 Å². The average molecular weight is 504 g/mol. The molecule has 0 spiro atoms. The van der Waals surface area contributed by atoms with Gasteiger partial charge in [-0.2, -0.15) is 0 Å². The molecule has 0 saturated heterocycles. The molecule has 186 valence electrons. The minimum absolute atomic E-state index is 0.551. The van der Waals surface area contributed by atoms with Crippen LogP contribution in [-0.2, 0) is 0 Å². The van der Waals surface area contributed by atoms with E-state index in [0.717, 1.165) is 29.3 Å². The third-order valence-corrected chi connectivity index (χ3v) is 6.83. The Balaban J connectivity index is 1.65. The first-order valence-electron chi connectivity index (χ1n) is 12.4. The molecule has 0 aliphatic carbocycles. The maximum Gasteiger partial charge on any atom is 0.110 e. The Morgan fingerprint density at radius 1 is 0.811 bits per heavy atom. The van der Waals surface area contributed by atoms with Crippen LogP contribution in [0.25, 0.3) is 0 Å². The standard InChI is InChI=1S/C33H33N3S/c1-5-6-12-29(35(30-21-17-27(2)18-22-30)31-23-19-28(3)20-24-31)15-10-25-34(4)36(33-16-11-26-37-33)32-13-8-7-9-14-32/h1,7-24,26H,6,25H2,2-4H3/b15-10-,29-12+. The molecule has 0 fully saturated rings. The van der Waals surface area contributed by atoms with Crippen molar-refractivity contribution in [2.24, 2.45) is 0 Å². The SMILES string of the molecule is C#CC/C=C(\C=C/CN(C)N(c1ccccc1)c1cccs1)N(c1ccc(C)cc1)c1ccc(C)cc1. The van der Waals surface area contributed by atoms with Gasteiger partial charge in [0.15, 0.2) is 0 Å². The van der Waals surface area contributed by atoms with Gasteiger partial charge in [0.05, 0.1) is 5.69 Å². The fourth-order valence-corrected chi connectivity index (χ4v) is 4.89. The number of rotatable bonds is 10. The van der Waals surface area contributed by atoms with Gasteiger partial charge in [-0.05, 0) is 79.9 Å². The van der Waals surface area contributed by atoms with Crippen molar-refractivity contribution in [2.45, 2.75) is 20.3 Å². The summed E-state index contributed by atoms with van der Waals surface area (Å²) in [6.45, 7) is 4.93. The number of benzene rings is 3. The van der Waals surface area contributed by atoms with E-state index in [2.05, 4.69) is 150 Å². The van der Waals surface area contributed by atoms with Crippen LogP contribution in [0.2, 0.25) is 0 Å². The van der Waals surface area contributed by atoms with Gasteiger partial charge in [0.25, 0.3) is 0 Å². The summed E-state index contributed by atoms with van der Waals surface area (Å²) in [5, 5.41) is 7.75. The number of nitrogens with zero attached hydrogens (tertiary/aromatic N) is 3. The van der Waals surface area contributed by atoms with Gasteiger partial charge in [-0.3, -0.25) is 5.01 Å². The normalized spacial score (nSPS) is 11.6. The summed E-state index contributed by atoms with van der Waals surface area (Å²) in [5.41, 5.74) is 6.83. The second-order valence-corrected chi connectivity index (χ2v) is 9.81. The summed E-state index contributed by atoms with van der Waals surface area (Å²) in [5.74, 6) is 2.78. The quantitative estimate of drug-likeness (QED) is 0.122. The van der Waals surface area contributed by atoms with E-state index in [4.69, 9.17) is 6.42 Å². The van der Waals surface area contributed by atoms with Crippen LogP contribution in [0.5, 0.6) is 0 Å². The van der Waals surface area contributed by atoms with Crippen molar-refractivity contribution >= 4 is 33.4 Å². The van der Waals surface area contributed by atoms with E-state index in [1.807, 2.05) is 6.07 Å². The van der Waals surface area contributed by atoms with E-state index in [1.165, 1.54) is 16.1 Å². The number of thiophene rings is 1. The van der Waals surface area contributed by atoms with Crippen LogP contribution in [0, 0.1) is 26.2 Å². The van der Waals surface area contributed by atoms with Crippen molar-refractivity contribution in [2.75, 3.05) is 23.5 Å². The zero-order valence-electron chi connectivity index (χ0n) is 21.7. The van der Waals surface area contributed by atoms with E-state index in [1.54, 1.807) is 11.3 Å². The molecule has 1 heterocycles. The molecule has 0 aliphatic rings. The highest BCUT2D eigenvalue weighted by molar-refractivity contribution is 7.14. The Hall–Kier alpha value is -4.04. The Bertz CT molecular complexity index is 1300. The van der Waals surface area contributed by atoms with Crippen LogP contribution in [0.15, 0.2) is 120 Å². The summed E-state index contributed by atoms with van der Waals surface area (Å²) in [7, 11) is 2.11. The van der Waals surface area contributed by atoms with Crippen molar-refractivity contribution in [3.8, 4) is 12.3 Å². The molecule has 0 atom stereocenters. The summed E-state index contributed by atoms with van der Waals surface area (Å²) < 4.78 is 0. The summed E-state index contributed by atoms with van der Waals surface area (Å²) >= 11 is 1.73. The smallest absolute Gasteiger partial charge is 0.110 e. The number of hydrazine groups is 1. The van der Waals surface area contributed by atoms with Crippen LogP contribution in [0.3, 0.4) is 0 Å². The molecule has 3 nitrogen and oxygen atoms in total. The minimum Gasteiger partial charge on any atom is -0.311 e. The highest BCUT2D eigenvalue weighted by Crippen LogP contribution is 2.32. The van der Waals surface area contributed by atoms with Gasteiger partial charge in [0.1, 0.15) is 5.00 Å². The van der Waals surface area contributed by atoms with Crippen molar-refractivity contribution in [1.29, 1.82) is 0 Å². The predicted molar refractivity (Wildman–Crippen MR) is 161 cm³/mol. The zero-order chi connectivity index (χ0) is 26.0. The average Bonchev–Trinajstić information content (AvgIpc) is 3.44. The Labute approximate surface area is 225 Å². The van der Waals surface area contributed by atoms with Gasteiger partial charge >= 0.3 is 0 Å². The predicted octanol–water partition coefficient (Wildman–Crippen LogP) is 8.65. The molecule has 0 bridgehead atoms. The van der Waals surface area contributed by atoms with Crippen molar-refractivity contribution in [1.82, 2.24) is 5.01 Å². The number of hydrogen-bond acceptors (Lipinski definition) is 4. The lowest BCUT2D eigenvalue weighted by molar-refractivity contribution is 0.380. The van der Waals surface area contributed by atoms with E-state index in [-0.39, 0.29) is 0 Å². The molecule has 37 heavy (non-hydrogen) atoms. The van der Waals surface area contributed by atoms with Crippen molar-refractivity contribution in [3.63, 3.8) is 0 Å². The minimum atomic E-state index is 0.551. The van der Waals surface area contributed by atoms with E-state index in [9.17, 15) is 0 Å². The first kappa shape index (κ1) is 26.0. The lowest BCUT2D eigenvalue weighted by atomic mass is 10.1. The summed E-state index contributed by atoms with van der Waals surface area (Å²) in [6.07, 6.45) is 12.7. The van der Waals surface area contributed by atoms with Crippen LogP contribution in [0.4, 0.5) is 22.1 Å². The molecule has 0 radical (unpaired) electrons. The first-order valence-corrected chi connectivity index (χ1v) is 13.3. The zero-order valence-corrected chi connectivity index (χ0v) is 22.5. The first-order chi connectivity index (χ1) is 18.1. The molecule has 0 N–H and O–H groups in total. The molecule has 0 aliphatic heterocycles. The molecule has 0 unspecified atom stereocenters. The molecular weight excluding hydrogens is 470 g/mol. The van der Waals surface area contributed by atoms with Crippen molar-refractivity contribution in [3.05, 3.63) is 131 Å². The number of aryl methyl sites for hydroxylation is 2. The van der Waals surface area contributed by atoms with Gasteiger partial charge < -0.3 is 4.90 Å². The van der Waals surface area contributed by atoms with Crippen LogP contribution in [0.1, 0.15) is 17.5 Å². The summed E-state index contributed by atoms with van der Waals surface area (Å²) in [4.78, 5) is 2.26. The Morgan fingerprint density at radius 2 is 1.43 bits per heavy atom. The monoisotopic (exact) mass is 503 g/mol. The highest BCUT2D eigenvalue weighted by atomic mass is 32.1. The second-order valence-electron chi connectivity index (χ2n) is 8.88. The van der Waals surface area contributed by atoms with E-state index >= 15 is 0 Å². The van der Waals surface area contributed by atoms with Crippen molar-refractivity contribution < 1.29 is 0 Å². The topological polar surface area (TPSA) is 9.72 Å². The lowest BCUT2D eigenvalue weighted by Gasteiger charge is -2.32. The molecule has 4 aromatic rings. The van der Waals surface area contributed by atoms with Crippen LogP contribution < -0.4 is 9.91 Å². The second kappa shape index (κ2) is 12.8. The lowest BCUT2D eigenvalue weighted by Crippen LogP contribution is -2.35. The largest absolute Gasteiger partial charge is 0.311 e. The molecular formula is C33H33N3S. The highest BCUT2D eigenvalue weighted by Gasteiger charge is 2.16. The van der Waals surface area contributed by atoms with Crippen LogP contribution >= 0.6 is 11.3 Å². The third kappa shape index (κ3) is 6.80. The fraction of sp³-hybridized carbons (Fsp3) is 0.152. The number of likely N-dealkylation sites (N-methyl/N-ethyl adjacent to an activating group) is 1. The number of allylic oxidation sites excluding steroid dienone is 2. The van der Waals surface area contributed by atoms with Gasteiger partial charge in [0.2, 0.25) is 0 Å². The Morgan fingerprint density at radius 3 is 1.97 bits per heavy atom. The Kier molecular flexibility index (Phi) is 8.99. The third-order valence-electron chi connectivity index (χ3n) is 5.99. The summed E-state index contributed by atoms with van der Waals surface area (Å²) in [6, 6.07) is 31.9. The number of hydrogen-bond donors (Lipinski definition) is 0. The number of anilines is 4. The van der Waals surface area contributed by atoms with Gasteiger partial charge in [0, 0.05) is 37.1 Å². The molecule has 4 heteroatoms. The number of para-hydroxylation sites is 1. The maximum absolute atomic E-state index is 5.68. The van der Waals surface area contributed by atoms with Gasteiger partial charge in [-0.1, -0.05) is 59.7 Å². The maximum atomic E-state index is 5.68. The molecule has 1 aromatic heterocycles. The van der Waals surface area contributed by atoms with Gasteiger partial charge in [-0.15, -0.1) is 23.7 Å². The van der Waals surface area contributed by atoms with Crippen LogP contribution in [-0.4, -0.2) is 18.6 Å².